The number of aryl methyl sites for hydroxylation is 1. The van der Waals surface area contributed by atoms with Gasteiger partial charge < -0.3 is 5.32 Å². The molecule has 0 fully saturated rings. The van der Waals surface area contributed by atoms with Crippen molar-refractivity contribution in [2.75, 3.05) is 11.1 Å². The molecule has 1 amide bonds. The van der Waals surface area contributed by atoms with Crippen molar-refractivity contribution in [3.63, 3.8) is 0 Å². The number of nitrogens with zero attached hydrogens (tertiary/aromatic N) is 2. The lowest BCUT2D eigenvalue weighted by molar-refractivity contribution is -0.113. The average molecular weight is 388 g/mol. The summed E-state index contributed by atoms with van der Waals surface area (Å²) in [6.45, 7) is 2.07. The molecule has 2 aromatic carbocycles. The van der Waals surface area contributed by atoms with E-state index in [0.717, 1.165) is 22.7 Å². The van der Waals surface area contributed by atoms with Gasteiger partial charge in [0.15, 0.2) is 0 Å². The molecule has 0 spiro atoms. The van der Waals surface area contributed by atoms with Crippen molar-refractivity contribution in [2.24, 2.45) is 0 Å². The van der Waals surface area contributed by atoms with Crippen molar-refractivity contribution in [3.05, 3.63) is 90.1 Å². The van der Waals surface area contributed by atoms with E-state index >= 15 is 0 Å². The quantitative estimate of drug-likeness (QED) is 0.496. The zero-order valence-corrected chi connectivity index (χ0v) is 16.4. The van der Waals surface area contributed by atoms with E-state index in [-0.39, 0.29) is 5.91 Å². The Kier molecular flexibility index (Phi) is 5.44. The highest BCUT2D eigenvalue weighted by Gasteiger charge is 2.16. The SMILES string of the molecule is Cc1ccc(CSCC(=O)Nc2c(-c3ccccc3)nc3ccccn23)cc1. The van der Waals surface area contributed by atoms with Crippen LogP contribution in [0.2, 0.25) is 0 Å². The van der Waals surface area contributed by atoms with Gasteiger partial charge in [-0.25, -0.2) is 4.98 Å². The molecule has 140 valence electrons. The topological polar surface area (TPSA) is 46.4 Å². The van der Waals surface area contributed by atoms with E-state index in [1.807, 2.05) is 59.1 Å². The van der Waals surface area contributed by atoms with Crippen molar-refractivity contribution in [1.82, 2.24) is 9.38 Å². The third-order valence-electron chi connectivity index (χ3n) is 4.46. The van der Waals surface area contributed by atoms with Crippen LogP contribution in [0.1, 0.15) is 11.1 Å². The molecule has 2 aromatic heterocycles. The summed E-state index contributed by atoms with van der Waals surface area (Å²) in [5.41, 5.74) is 5.04. The largest absolute Gasteiger partial charge is 0.309 e. The number of carbonyl (C=O) groups excluding carboxylic acids is 1. The molecular weight excluding hydrogens is 366 g/mol. The zero-order chi connectivity index (χ0) is 19.3. The van der Waals surface area contributed by atoms with Crippen LogP contribution in [-0.2, 0) is 10.5 Å². The van der Waals surface area contributed by atoms with Crippen molar-refractivity contribution in [3.8, 4) is 11.3 Å². The molecule has 0 saturated heterocycles. The Morgan fingerprint density at radius 1 is 1.00 bits per heavy atom. The first kappa shape index (κ1) is 18.3. The molecule has 5 heteroatoms. The maximum absolute atomic E-state index is 12.6. The van der Waals surface area contributed by atoms with Gasteiger partial charge in [-0.05, 0) is 24.6 Å². The number of amides is 1. The molecule has 1 N–H and O–H groups in total. The minimum atomic E-state index is -0.0278. The molecule has 0 aliphatic carbocycles. The van der Waals surface area contributed by atoms with Gasteiger partial charge in [-0.3, -0.25) is 9.20 Å². The fourth-order valence-corrected chi connectivity index (χ4v) is 3.81. The van der Waals surface area contributed by atoms with Gasteiger partial charge in [0, 0.05) is 17.5 Å². The van der Waals surface area contributed by atoms with Crippen LogP contribution in [-0.4, -0.2) is 21.0 Å². The Labute approximate surface area is 168 Å². The van der Waals surface area contributed by atoms with E-state index in [2.05, 4.69) is 36.5 Å². The standard InChI is InChI=1S/C23H21N3OS/c1-17-10-12-18(13-11-17)15-28-16-21(27)25-23-22(19-7-3-2-4-8-19)24-20-9-5-6-14-26(20)23/h2-14H,15-16H2,1H3,(H,25,27). The van der Waals surface area contributed by atoms with Gasteiger partial charge in [-0.2, -0.15) is 0 Å². The van der Waals surface area contributed by atoms with Crippen LogP contribution in [0.3, 0.4) is 0 Å². The maximum atomic E-state index is 12.6. The molecule has 4 aromatic rings. The highest BCUT2D eigenvalue weighted by molar-refractivity contribution is 7.99. The Morgan fingerprint density at radius 2 is 1.75 bits per heavy atom. The number of aromatic nitrogens is 2. The first-order valence-corrected chi connectivity index (χ1v) is 10.3. The molecule has 0 radical (unpaired) electrons. The molecule has 0 aliphatic rings. The number of nitrogens with one attached hydrogen (secondary N) is 1. The van der Waals surface area contributed by atoms with Gasteiger partial charge in [0.2, 0.25) is 5.91 Å². The predicted molar refractivity (Wildman–Crippen MR) is 117 cm³/mol. The van der Waals surface area contributed by atoms with Gasteiger partial charge in [0.25, 0.3) is 0 Å². The van der Waals surface area contributed by atoms with Gasteiger partial charge in [-0.1, -0.05) is 66.2 Å². The lowest BCUT2D eigenvalue weighted by Gasteiger charge is -2.08. The minimum absolute atomic E-state index is 0.0278. The number of pyridine rings is 1. The molecule has 0 aliphatic heterocycles. The number of hydrogen-bond donors (Lipinski definition) is 1. The summed E-state index contributed by atoms with van der Waals surface area (Å²) in [5, 5.41) is 3.07. The van der Waals surface area contributed by atoms with Crippen molar-refractivity contribution >= 4 is 29.1 Å². The summed E-state index contributed by atoms with van der Waals surface area (Å²) < 4.78 is 1.92. The molecule has 0 unspecified atom stereocenters. The van der Waals surface area contributed by atoms with Crippen LogP contribution in [0, 0.1) is 6.92 Å². The van der Waals surface area contributed by atoms with Gasteiger partial charge in [-0.15, -0.1) is 11.8 Å². The third kappa shape index (κ3) is 4.10. The molecule has 0 atom stereocenters. The molecule has 0 saturated carbocycles. The maximum Gasteiger partial charge on any atom is 0.235 e. The van der Waals surface area contributed by atoms with Gasteiger partial charge in [0.05, 0.1) is 5.75 Å². The van der Waals surface area contributed by atoms with Crippen LogP contribution in [0.15, 0.2) is 79.0 Å². The molecule has 28 heavy (non-hydrogen) atoms. The number of benzene rings is 2. The van der Waals surface area contributed by atoms with Gasteiger partial charge in [0.1, 0.15) is 17.2 Å². The fourth-order valence-electron chi connectivity index (χ4n) is 3.03. The van der Waals surface area contributed by atoms with E-state index in [1.54, 1.807) is 11.8 Å². The second-order valence-corrected chi connectivity index (χ2v) is 7.62. The molecule has 4 rings (SSSR count). The second kappa shape index (κ2) is 8.31. The van der Waals surface area contributed by atoms with E-state index in [9.17, 15) is 4.79 Å². The Morgan fingerprint density at radius 3 is 2.54 bits per heavy atom. The van der Waals surface area contributed by atoms with Crippen LogP contribution in [0.5, 0.6) is 0 Å². The van der Waals surface area contributed by atoms with Crippen LogP contribution >= 0.6 is 11.8 Å². The van der Waals surface area contributed by atoms with E-state index in [0.29, 0.717) is 11.6 Å². The summed E-state index contributed by atoms with van der Waals surface area (Å²) in [5.74, 6) is 1.89. The number of carbonyl (C=O) groups is 1. The summed E-state index contributed by atoms with van der Waals surface area (Å²) >= 11 is 1.61. The summed E-state index contributed by atoms with van der Waals surface area (Å²) in [7, 11) is 0. The zero-order valence-electron chi connectivity index (χ0n) is 15.6. The summed E-state index contributed by atoms with van der Waals surface area (Å²) in [4.78, 5) is 17.3. The van der Waals surface area contributed by atoms with E-state index in [1.165, 1.54) is 11.1 Å². The third-order valence-corrected chi connectivity index (χ3v) is 5.46. The second-order valence-electron chi connectivity index (χ2n) is 6.63. The van der Waals surface area contributed by atoms with Crippen molar-refractivity contribution in [1.29, 1.82) is 0 Å². The summed E-state index contributed by atoms with van der Waals surface area (Å²) in [6.07, 6.45) is 1.92. The summed E-state index contributed by atoms with van der Waals surface area (Å²) in [6, 6.07) is 24.2. The fraction of sp³-hybridized carbons (Fsp3) is 0.130. The number of imidazole rings is 1. The highest BCUT2D eigenvalue weighted by atomic mass is 32.2. The molecular formula is C23H21N3OS. The lowest BCUT2D eigenvalue weighted by atomic mass is 10.1. The number of fused-ring (bicyclic) bond motifs is 1. The smallest absolute Gasteiger partial charge is 0.235 e. The number of anilines is 1. The van der Waals surface area contributed by atoms with Crippen molar-refractivity contribution in [2.45, 2.75) is 12.7 Å². The monoisotopic (exact) mass is 387 g/mol. The first-order chi connectivity index (χ1) is 13.7. The van der Waals surface area contributed by atoms with Crippen LogP contribution in [0.4, 0.5) is 5.82 Å². The molecule has 2 heterocycles. The Balaban J connectivity index is 1.50. The Hall–Kier alpha value is -3.05. The Bertz CT molecular complexity index is 1090. The first-order valence-electron chi connectivity index (χ1n) is 9.16. The van der Waals surface area contributed by atoms with Gasteiger partial charge >= 0.3 is 0 Å². The highest BCUT2D eigenvalue weighted by Crippen LogP contribution is 2.28. The molecule has 4 nitrogen and oxygen atoms in total. The average Bonchev–Trinajstić information content (AvgIpc) is 3.09. The van der Waals surface area contributed by atoms with E-state index < -0.39 is 0 Å². The number of hydrogen-bond acceptors (Lipinski definition) is 3. The minimum Gasteiger partial charge on any atom is -0.309 e. The van der Waals surface area contributed by atoms with E-state index in [4.69, 9.17) is 4.98 Å². The normalized spacial score (nSPS) is 10.9. The lowest BCUT2D eigenvalue weighted by Crippen LogP contribution is -2.16. The molecule has 0 bridgehead atoms. The predicted octanol–water partition coefficient (Wildman–Crippen LogP) is 5.18. The number of thioether (sulfide) groups is 1. The van der Waals surface area contributed by atoms with Crippen LogP contribution in [0.25, 0.3) is 16.9 Å². The number of rotatable bonds is 6. The van der Waals surface area contributed by atoms with Crippen molar-refractivity contribution < 1.29 is 4.79 Å². The van der Waals surface area contributed by atoms with Crippen LogP contribution < -0.4 is 5.32 Å².